The molecule has 0 saturated carbocycles. The van der Waals surface area contributed by atoms with Crippen LogP contribution < -0.4 is 5.73 Å². The number of halogens is 1. The van der Waals surface area contributed by atoms with Crippen molar-refractivity contribution in [3.8, 4) is 0 Å². The number of nitrogens with two attached hydrogens (primary N) is 1. The number of nitrogens with zero attached hydrogens (tertiary/aromatic N) is 3. The Hall–Kier alpha value is -0.530. The Morgan fingerprint density at radius 1 is 0.850 bits per heavy atom. The molecule has 20 heavy (non-hydrogen) atoms. The maximum Gasteiger partial charge on any atom is 0.244 e. The van der Waals surface area contributed by atoms with Gasteiger partial charge in [-0.15, -0.1) is 24.0 Å². The average Bonchev–Trinajstić information content (AvgIpc) is 2.74. The molecule has 6 heteroatoms. The number of carbonyl (C=O) groups is 1. The average molecular weight is 394 g/mol. The van der Waals surface area contributed by atoms with Crippen molar-refractivity contribution in [1.82, 2.24) is 9.80 Å². The molecule has 0 atom stereocenters. The zero-order chi connectivity index (χ0) is 13.5. The first kappa shape index (κ1) is 17.5. The van der Waals surface area contributed by atoms with E-state index in [4.69, 9.17) is 5.73 Å². The van der Waals surface area contributed by atoms with Gasteiger partial charge in [0.15, 0.2) is 5.96 Å². The van der Waals surface area contributed by atoms with Gasteiger partial charge in [0.1, 0.15) is 6.54 Å². The van der Waals surface area contributed by atoms with Crippen LogP contribution in [-0.2, 0) is 4.79 Å². The van der Waals surface area contributed by atoms with Gasteiger partial charge in [0.25, 0.3) is 0 Å². The Morgan fingerprint density at radius 3 is 1.85 bits per heavy atom. The number of piperidine rings is 1. The monoisotopic (exact) mass is 394 g/mol. The summed E-state index contributed by atoms with van der Waals surface area (Å²) in [6.45, 7) is 3.94. The summed E-state index contributed by atoms with van der Waals surface area (Å²) < 4.78 is 0. The molecule has 2 saturated heterocycles. The highest BCUT2D eigenvalue weighted by Gasteiger charge is 2.16. The van der Waals surface area contributed by atoms with Crippen LogP contribution in [0.15, 0.2) is 4.99 Å². The van der Waals surface area contributed by atoms with Crippen LogP contribution in [0.2, 0.25) is 0 Å². The van der Waals surface area contributed by atoms with Crippen molar-refractivity contribution in [1.29, 1.82) is 0 Å². The second-order valence-electron chi connectivity index (χ2n) is 5.52. The standard InChI is InChI=1S/C14H26N4O.HI/c15-14(18-10-4-1-2-5-11-18)16-12-13(19)17-8-6-3-7-9-17;/h1-12H2,(H2,15,16);1H. The van der Waals surface area contributed by atoms with Crippen molar-refractivity contribution in [3.05, 3.63) is 0 Å². The van der Waals surface area contributed by atoms with E-state index in [1.807, 2.05) is 4.90 Å². The Kier molecular flexibility index (Phi) is 8.25. The largest absolute Gasteiger partial charge is 0.370 e. The van der Waals surface area contributed by atoms with E-state index >= 15 is 0 Å². The molecule has 1 amide bonds. The fourth-order valence-corrected chi connectivity index (χ4v) is 2.79. The molecule has 0 spiro atoms. The molecule has 116 valence electrons. The van der Waals surface area contributed by atoms with Gasteiger partial charge in [-0.2, -0.15) is 0 Å². The molecule has 0 aromatic carbocycles. The molecule has 0 aromatic heterocycles. The van der Waals surface area contributed by atoms with Gasteiger partial charge in [-0.1, -0.05) is 12.8 Å². The normalized spacial score (nSPS) is 21.1. The lowest BCUT2D eigenvalue weighted by atomic mass is 10.1. The number of amides is 1. The van der Waals surface area contributed by atoms with E-state index in [1.54, 1.807) is 0 Å². The van der Waals surface area contributed by atoms with Crippen LogP contribution in [0.25, 0.3) is 0 Å². The van der Waals surface area contributed by atoms with Crippen molar-refractivity contribution < 1.29 is 4.79 Å². The second kappa shape index (κ2) is 9.41. The molecular weight excluding hydrogens is 367 g/mol. The van der Waals surface area contributed by atoms with Gasteiger partial charge >= 0.3 is 0 Å². The number of carbonyl (C=O) groups excluding carboxylic acids is 1. The van der Waals surface area contributed by atoms with Crippen LogP contribution in [0, 0.1) is 0 Å². The van der Waals surface area contributed by atoms with Crippen molar-refractivity contribution in [2.75, 3.05) is 32.7 Å². The predicted molar refractivity (Wildman–Crippen MR) is 92.4 cm³/mol. The van der Waals surface area contributed by atoms with Gasteiger partial charge in [-0.25, -0.2) is 4.99 Å². The minimum absolute atomic E-state index is 0. The van der Waals surface area contributed by atoms with Crippen LogP contribution in [0.1, 0.15) is 44.9 Å². The molecular formula is C14H27IN4O. The summed E-state index contributed by atoms with van der Waals surface area (Å²) in [6, 6.07) is 0. The lowest BCUT2D eigenvalue weighted by molar-refractivity contribution is -0.130. The molecule has 0 bridgehead atoms. The lowest BCUT2D eigenvalue weighted by Crippen LogP contribution is -2.40. The van der Waals surface area contributed by atoms with Crippen LogP contribution in [0.4, 0.5) is 0 Å². The van der Waals surface area contributed by atoms with Gasteiger partial charge in [0.2, 0.25) is 5.91 Å². The van der Waals surface area contributed by atoms with E-state index in [2.05, 4.69) is 9.89 Å². The van der Waals surface area contributed by atoms with E-state index < -0.39 is 0 Å². The summed E-state index contributed by atoms with van der Waals surface area (Å²) in [6.07, 6.45) is 8.39. The molecule has 2 N–H and O–H groups in total. The van der Waals surface area contributed by atoms with Gasteiger partial charge in [-0.3, -0.25) is 4.79 Å². The Balaban J connectivity index is 0.00000200. The highest BCUT2D eigenvalue weighted by atomic mass is 127. The quantitative estimate of drug-likeness (QED) is 0.442. The Bertz CT molecular complexity index is 321. The molecule has 0 aliphatic carbocycles. The fraction of sp³-hybridized carbons (Fsp3) is 0.857. The summed E-state index contributed by atoms with van der Waals surface area (Å²) in [7, 11) is 0. The topological polar surface area (TPSA) is 61.9 Å². The number of guanidine groups is 1. The number of hydrogen-bond donors (Lipinski definition) is 1. The number of aliphatic imine (C=N–C) groups is 1. The third kappa shape index (κ3) is 5.46. The van der Waals surface area contributed by atoms with E-state index in [0.29, 0.717) is 5.96 Å². The van der Waals surface area contributed by atoms with E-state index in [9.17, 15) is 4.79 Å². The molecule has 0 radical (unpaired) electrons. The van der Waals surface area contributed by atoms with Crippen LogP contribution in [0.5, 0.6) is 0 Å². The first-order valence-corrected chi connectivity index (χ1v) is 7.60. The first-order chi connectivity index (χ1) is 9.27. The number of likely N-dealkylation sites (tertiary alicyclic amines) is 2. The van der Waals surface area contributed by atoms with Crippen LogP contribution >= 0.6 is 24.0 Å². The summed E-state index contributed by atoms with van der Waals surface area (Å²) in [5.74, 6) is 0.671. The molecule has 2 aliphatic rings. The van der Waals surface area contributed by atoms with E-state index in [1.165, 1.54) is 32.1 Å². The van der Waals surface area contributed by atoms with Crippen LogP contribution in [0.3, 0.4) is 0 Å². The number of hydrogen-bond acceptors (Lipinski definition) is 2. The maximum atomic E-state index is 12.0. The Labute approximate surface area is 139 Å². The molecule has 5 nitrogen and oxygen atoms in total. The minimum atomic E-state index is 0. The maximum absolute atomic E-state index is 12.0. The molecule has 0 unspecified atom stereocenters. The van der Waals surface area contributed by atoms with Crippen LogP contribution in [-0.4, -0.2) is 54.4 Å². The summed E-state index contributed by atoms with van der Waals surface area (Å²) in [4.78, 5) is 20.3. The van der Waals surface area contributed by atoms with Crippen molar-refractivity contribution in [2.24, 2.45) is 10.7 Å². The van der Waals surface area contributed by atoms with Crippen molar-refractivity contribution >= 4 is 35.8 Å². The molecule has 2 aliphatic heterocycles. The van der Waals surface area contributed by atoms with E-state index in [-0.39, 0.29) is 36.4 Å². The summed E-state index contributed by atoms with van der Waals surface area (Å²) in [5, 5.41) is 0. The summed E-state index contributed by atoms with van der Waals surface area (Å²) in [5.41, 5.74) is 6.00. The number of rotatable bonds is 2. The van der Waals surface area contributed by atoms with Gasteiger partial charge < -0.3 is 15.5 Å². The molecule has 0 aromatic rings. The zero-order valence-electron chi connectivity index (χ0n) is 12.2. The SMILES string of the molecule is I.NC(=NCC(=O)N1CCCCC1)N1CCCCCC1. The summed E-state index contributed by atoms with van der Waals surface area (Å²) >= 11 is 0. The highest BCUT2D eigenvalue weighted by molar-refractivity contribution is 14.0. The fourth-order valence-electron chi connectivity index (χ4n) is 2.79. The molecule has 2 rings (SSSR count). The smallest absolute Gasteiger partial charge is 0.244 e. The molecule has 2 fully saturated rings. The third-order valence-corrected chi connectivity index (χ3v) is 4.02. The minimum Gasteiger partial charge on any atom is -0.370 e. The van der Waals surface area contributed by atoms with Crippen molar-refractivity contribution in [2.45, 2.75) is 44.9 Å². The van der Waals surface area contributed by atoms with Gasteiger partial charge in [0.05, 0.1) is 0 Å². The van der Waals surface area contributed by atoms with Gasteiger partial charge in [-0.05, 0) is 32.1 Å². The highest BCUT2D eigenvalue weighted by Crippen LogP contribution is 2.10. The Morgan fingerprint density at radius 2 is 1.30 bits per heavy atom. The first-order valence-electron chi connectivity index (χ1n) is 7.60. The van der Waals surface area contributed by atoms with Crippen molar-refractivity contribution in [3.63, 3.8) is 0 Å². The predicted octanol–water partition coefficient (Wildman–Crippen LogP) is 1.81. The second-order valence-corrected chi connectivity index (χ2v) is 5.52. The lowest BCUT2D eigenvalue weighted by Gasteiger charge is -2.26. The van der Waals surface area contributed by atoms with E-state index in [0.717, 1.165) is 39.0 Å². The zero-order valence-corrected chi connectivity index (χ0v) is 14.6. The van der Waals surface area contributed by atoms with Gasteiger partial charge in [0, 0.05) is 26.2 Å². The molecule has 2 heterocycles. The third-order valence-electron chi connectivity index (χ3n) is 4.02.